The van der Waals surface area contributed by atoms with Crippen LogP contribution in [0.3, 0.4) is 0 Å². The standard InChI is InChI=1S/C20H24F2N2O3/c1-12-8-18(26-4)19(27-5)9-14(12)11-24(3)13(2)20(25)23-17-10-15(21)6-7-16(17)22/h6-10,13H,11H2,1-5H3,(H,23,25)/t13-/m1/s1. The molecule has 7 heteroatoms. The van der Waals surface area contributed by atoms with Crippen molar-refractivity contribution in [3.63, 3.8) is 0 Å². The third kappa shape index (κ3) is 4.95. The highest BCUT2D eigenvalue weighted by molar-refractivity contribution is 5.94. The lowest BCUT2D eigenvalue weighted by Crippen LogP contribution is -2.39. The SMILES string of the molecule is COc1cc(C)c(CN(C)[C@H](C)C(=O)Nc2cc(F)ccc2F)cc1OC. The van der Waals surface area contributed by atoms with Crippen molar-refractivity contribution in [2.45, 2.75) is 26.4 Å². The lowest BCUT2D eigenvalue weighted by Gasteiger charge is -2.25. The minimum atomic E-state index is -0.685. The van der Waals surface area contributed by atoms with Gasteiger partial charge in [-0.25, -0.2) is 8.78 Å². The zero-order chi connectivity index (χ0) is 20.1. The van der Waals surface area contributed by atoms with Gasteiger partial charge in [-0.1, -0.05) is 0 Å². The van der Waals surface area contributed by atoms with E-state index in [1.54, 1.807) is 33.1 Å². The number of halogens is 2. The summed E-state index contributed by atoms with van der Waals surface area (Å²) in [6.07, 6.45) is 0. The van der Waals surface area contributed by atoms with Crippen LogP contribution in [0.5, 0.6) is 11.5 Å². The van der Waals surface area contributed by atoms with Crippen LogP contribution in [0.25, 0.3) is 0 Å². The number of methoxy groups -OCH3 is 2. The Morgan fingerprint density at radius 1 is 1.15 bits per heavy atom. The normalized spacial score (nSPS) is 12.0. The highest BCUT2D eigenvalue weighted by Crippen LogP contribution is 2.31. The second kappa shape index (κ2) is 8.81. The molecule has 0 aromatic heterocycles. The number of rotatable bonds is 7. The van der Waals surface area contributed by atoms with Crippen LogP contribution in [0.1, 0.15) is 18.1 Å². The quantitative estimate of drug-likeness (QED) is 0.797. The second-order valence-corrected chi connectivity index (χ2v) is 6.34. The Balaban J connectivity index is 2.12. The second-order valence-electron chi connectivity index (χ2n) is 6.34. The van der Waals surface area contributed by atoms with Gasteiger partial charge >= 0.3 is 0 Å². The number of likely N-dealkylation sites (N-methyl/N-ethyl adjacent to an activating group) is 1. The first kappa shape index (κ1) is 20.6. The summed E-state index contributed by atoms with van der Waals surface area (Å²) in [6, 6.07) is 6.10. The molecule has 2 aromatic carbocycles. The molecule has 0 aliphatic heterocycles. The summed E-state index contributed by atoms with van der Waals surface area (Å²) < 4.78 is 37.6. The van der Waals surface area contributed by atoms with Gasteiger partial charge in [-0.2, -0.15) is 0 Å². The summed E-state index contributed by atoms with van der Waals surface area (Å²) in [4.78, 5) is 14.2. The van der Waals surface area contributed by atoms with Crippen LogP contribution < -0.4 is 14.8 Å². The minimum Gasteiger partial charge on any atom is -0.493 e. The maximum absolute atomic E-state index is 13.7. The summed E-state index contributed by atoms with van der Waals surface area (Å²) in [5, 5.41) is 2.43. The van der Waals surface area contributed by atoms with E-state index in [2.05, 4.69) is 5.32 Å². The van der Waals surface area contributed by atoms with Gasteiger partial charge in [0.25, 0.3) is 0 Å². The molecule has 27 heavy (non-hydrogen) atoms. The number of hydrogen-bond donors (Lipinski definition) is 1. The Morgan fingerprint density at radius 2 is 1.78 bits per heavy atom. The van der Waals surface area contributed by atoms with E-state index in [4.69, 9.17) is 9.47 Å². The molecule has 146 valence electrons. The van der Waals surface area contributed by atoms with Gasteiger partial charge in [0.15, 0.2) is 11.5 Å². The number of aryl methyl sites for hydroxylation is 1. The van der Waals surface area contributed by atoms with Crippen molar-refractivity contribution in [2.24, 2.45) is 0 Å². The maximum atomic E-state index is 13.7. The maximum Gasteiger partial charge on any atom is 0.241 e. The van der Waals surface area contributed by atoms with Gasteiger partial charge in [0, 0.05) is 12.6 Å². The number of carbonyl (C=O) groups is 1. The number of benzene rings is 2. The van der Waals surface area contributed by atoms with E-state index >= 15 is 0 Å². The molecule has 5 nitrogen and oxygen atoms in total. The monoisotopic (exact) mass is 378 g/mol. The van der Waals surface area contributed by atoms with Gasteiger partial charge in [0.05, 0.1) is 25.9 Å². The summed E-state index contributed by atoms with van der Waals surface area (Å²) in [5.41, 5.74) is 1.78. The van der Waals surface area contributed by atoms with Gasteiger partial charge in [0.2, 0.25) is 5.91 Å². The molecule has 0 aliphatic rings. The lowest BCUT2D eigenvalue weighted by atomic mass is 10.1. The Labute approximate surface area is 157 Å². The van der Waals surface area contributed by atoms with Crippen LogP contribution >= 0.6 is 0 Å². The molecule has 1 amide bonds. The number of hydrogen-bond acceptors (Lipinski definition) is 4. The Hall–Kier alpha value is -2.67. The molecular formula is C20H24F2N2O3. The van der Waals surface area contributed by atoms with Crippen molar-refractivity contribution >= 4 is 11.6 Å². The highest BCUT2D eigenvalue weighted by Gasteiger charge is 2.21. The third-order valence-electron chi connectivity index (χ3n) is 4.49. The van der Waals surface area contributed by atoms with Crippen molar-refractivity contribution in [3.8, 4) is 11.5 Å². The van der Waals surface area contributed by atoms with Crippen molar-refractivity contribution in [1.29, 1.82) is 0 Å². The highest BCUT2D eigenvalue weighted by atomic mass is 19.1. The average molecular weight is 378 g/mol. The van der Waals surface area contributed by atoms with Crippen LogP contribution in [0.2, 0.25) is 0 Å². The fourth-order valence-electron chi connectivity index (χ4n) is 2.63. The molecule has 2 rings (SSSR count). The summed E-state index contributed by atoms with van der Waals surface area (Å²) in [5.74, 6) is -0.497. The van der Waals surface area contributed by atoms with E-state index < -0.39 is 23.6 Å². The number of anilines is 1. The predicted molar refractivity (Wildman–Crippen MR) is 100 cm³/mol. The Bertz CT molecular complexity index is 827. The zero-order valence-electron chi connectivity index (χ0n) is 16.1. The van der Waals surface area contributed by atoms with Gasteiger partial charge in [0.1, 0.15) is 11.6 Å². The van der Waals surface area contributed by atoms with Crippen LogP contribution in [0, 0.1) is 18.6 Å². The Kier molecular flexibility index (Phi) is 6.74. The van der Waals surface area contributed by atoms with Crippen LogP contribution in [0.4, 0.5) is 14.5 Å². The van der Waals surface area contributed by atoms with Gasteiger partial charge in [-0.3, -0.25) is 9.69 Å². The number of nitrogens with zero attached hydrogens (tertiary/aromatic N) is 1. The summed E-state index contributed by atoms with van der Waals surface area (Å²) >= 11 is 0. The average Bonchev–Trinajstić information content (AvgIpc) is 2.65. The molecule has 0 unspecified atom stereocenters. The van der Waals surface area contributed by atoms with Gasteiger partial charge in [-0.05, 0) is 56.3 Å². The smallest absolute Gasteiger partial charge is 0.241 e. The third-order valence-corrected chi connectivity index (χ3v) is 4.49. The number of amides is 1. The number of ether oxygens (including phenoxy) is 2. The molecule has 1 atom stereocenters. The number of carbonyl (C=O) groups excluding carboxylic acids is 1. The summed E-state index contributed by atoms with van der Waals surface area (Å²) in [7, 11) is 4.91. The van der Waals surface area contributed by atoms with Crippen molar-refractivity contribution in [1.82, 2.24) is 4.90 Å². The Morgan fingerprint density at radius 3 is 2.41 bits per heavy atom. The fraction of sp³-hybridized carbons (Fsp3) is 0.350. The first-order chi connectivity index (χ1) is 12.8. The summed E-state index contributed by atoms with van der Waals surface area (Å²) in [6.45, 7) is 4.10. The molecule has 0 radical (unpaired) electrons. The molecule has 0 bridgehead atoms. The molecule has 0 saturated carbocycles. The lowest BCUT2D eigenvalue weighted by molar-refractivity contribution is -0.120. The van der Waals surface area contributed by atoms with Crippen molar-refractivity contribution < 1.29 is 23.0 Å². The van der Waals surface area contributed by atoms with E-state index in [0.29, 0.717) is 18.0 Å². The topological polar surface area (TPSA) is 50.8 Å². The molecular weight excluding hydrogens is 354 g/mol. The van der Waals surface area contributed by atoms with E-state index in [9.17, 15) is 13.6 Å². The predicted octanol–water partition coefficient (Wildman–Crippen LogP) is 3.75. The first-order valence-corrected chi connectivity index (χ1v) is 8.44. The molecule has 0 saturated heterocycles. The van der Waals surface area contributed by atoms with Crippen molar-refractivity contribution in [3.05, 3.63) is 53.1 Å². The van der Waals surface area contributed by atoms with Gasteiger partial charge in [-0.15, -0.1) is 0 Å². The molecule has 1 N–H and O–H groups in total. The molecule has 0 fully saturated rings. The largest absolute Gasteiger partial charge is 0.493 e. The number of nitrogens with one attached hydrogen (secondary N) is 1. The molecule has 0 aliphatic carbocycles. The van der Waals surface area contributed by atoms with E-state index in [0.717, 1.165) is 29.3 Å². The van der Waals surface area contributed by atoms with Crippen LogP contribution in [-0.2, 0) is 11.3 Å². The van der Waals surface area contributed by atoms with Crippen LogP contribution in [0.15, 0.2) is 30.3 Å². The first-order valence-electron chi connectivity index (χ1n) is 8.44. The van der Waals surface area contributed by atoms with E-state index in [1.807, 2.05) is 19.1 Å². The van der Waals surface area contributed by atoms with Gasteiger partial charge < -0.3 is 14.8 Å². The molecule has 2 aromatic rings. The molecule has 0 spiro atoms. The van der Waals surface area contributed by atoms with Crippen molar-refractivity contribution in [2.75, 3.05) is 26.6 Å². The van der Waals surface area contributed by atoms with Crippen LogP contribution in [-0.4, -0.2) is 38.1 Å². The fourth-order valence-corrected chi connectivity index (χ4v) is 2.63. The van der Waals surface area contributed by atoms with E-state index in [1.165, 1.54) is 0 Å². The zero-order valence-corrected chi connectivity index (χ0v) is 16.1. The molecule has 0 heterocycles. The van der Waals surface area contributed by atoms with E-state index in [-0.39, 0.29) is 5.69 Å². The minimum absolute atomic E-state index is 0.178.